The van der Waals surface area contributed by atoms with Gasteiger partial charge in [-0.1, -0.05) is 26.2 Å². The van der Waals surface area contributed by atoms with E-state index in [0.29, 0.717) is 11.8 Å². The molecule has 0 aromatic carbocycles. The van der Waals surface area contributed by atoms with Gasteiger partial charge in [-0.05, 0) is 43.7 Å². The number of nitrogens with two attached hydrogens (primary N) is 2. The van der Waals surface area contributed by atoms with E-state index in [4.69, 9.17) is 16.2 Å². The summed E-state index contributed by atoms with van der Waals surface area (Å²) in [7, 11) is 0. The first kappa shape index (κ1) is 13.4. The fraction of sp³-hybridized carbons (Fsp3) is 0.846. The zero-order chi connectivity index (χ0) is 11.8. The van der Waals surface area contributed by atoms with Gasteiger partial charge in [0.25, 0.3) is 0 Å². The molecule has 3 heteroatoms. The van der Waals surface area contributed by atoms with Gasteiger partial charge in [0.15, 0.2) is 5.88 Å². The Labute approximate surface area is 99.2 Å². The molecule has 94 valence electrons. The minimum Gasteiger partial charge on any atom is -0.479 e. The Hall–Kier alpha value is -0.700. The van der Waals surface area contributed by atoms with Crippen molar-refractivity contribution in [2.75, 3.05) is 13.2 Å². The van der Waals surface area contributed by atoms with E-state index in [1.807, 2.05) is 0 Å². The fourth-order valence-electron chi connectivity index (χ4n) is 1.99. The van der Waals surface area contributed by atoms with Gasteiger partial charge < -0.3 is 16.2 Å². The minimum atomic E-state index is 0.643. The first-order valence-electron chi connectivity index (χ1n) is 6.57. The lowest BCUT2D eigenvalue weighted by Gasteiger charge is -2.27. The highest BCUT2D eigenvalue weighted by atomic mass is 16.5. The van der Waals surface area contributed by atoms with Gasteiger partial charge in [0.2, 0.25) is 0 Å². The molecule has 3 nitrogen and oxygen atoms in total. The number of hydrogen-bond donors (Lipinski definition) is 2. The topological polar surface area (TPSA) is 61.3 Å². The molecule has 1 aliphatic carbocycles. The van der Waals surface area contributed by atoms with E-state index in [-0.39, 0.29) is 0 Å². The lowest BCUT2D eigenvalue weighted by atomic mass is 9.81. The van der Waals surface area contributed by atoms with Gasteiger partial charge in [0.1, 0.15) is 0 Å². The molecule has 1 fully saturated rings. The van der Waals surface area contributed by atoms with Crippen LogP contribution in [0.5, 0.6) is 0 Å². The van der Waals surface area contributed by atoms with Crippen LogP contribution in [0, 0.1) is 5.92 Å². The van der Waals surface area contributed by atoms with Crippen LogP contribution in [-0.2, 0) is 4.74 Å². The van der Waals surface area contributed by atoms with E-state index < -0.39 is 0 Å². The Morgan fingerprint density at radius 1 is 1.25 bits per heavy atom. The van der Waals surface area contributed by atoms with Crippen LogP contribution in [0.3, 0.4) is 0 Å². The predicted octanol–water partition coefficient (Wildman–Crippen LogP) is 2.51. The summed E-state index contributed by atoms with van der Waals surface area (Å²) in [6.07, 6.45) is 8.36. The molecule has 1 rings (SSSR count). The summed E-state index contributed by atoms with van der Waals surface area (Å²) >= 11 is 0. The number of hydrogen-bond acceptors (Lipinski definition) is 3. The highest BCUT2D eigenvalue weighted by molar-refractivity contribution is 5.16. The molecule has 16 heavy (non-hydrogen) atoms. The molecular formula is C13H26N2O. The van der Waals surface area contributed by atoms with Crippen LogP contribution in [0.15, 0.2) is 11.5 Å². The van der Waals surface area contributed by atoms with Crippen molar-refractivity contribution in [3.8, 4) is 0 Å². The molecule has 0 bridgehead atoms. The summed E-state index contributed by atoms with van der Waals surface area (Å²) in [5.74, 6) is 1.34. The molecule has 0 aromatic rings. The van der Waals surface area contributed by atoms with Gasteiger partial charge in [-0.3, -0.25) is 0 Å². The van der Waals surface area contributed by atoms with Crippen LogP contribution < -0.4 is 11.5 Å². The Bertz CT molecular complexity index is 226. The maximum absolute atomic E-state index is 5.87. The van der Waals surface area contributed by atoms with Crippen LogP contribution in [0.25, 0.3) is 0 Å². The third-order valence-electron chi connectivity index (χ3n) is 3.36. The third-order valence-corrected chi connectivity index (χ3v) is 3.36. The normalized spacial score (nSPS) is 22.8. The highest BCUT2D eigenvalue weighted by Crippen LogP contribution is 2.34. The standard InChI is InChI=1S/C13H26N2O/c1-11-7-8-12(11)13(15)16-10-6-4-2-3-5-9-14/h11H,2-10,14-15H2,1H3/b13-12-/t11-/m1/s1. The largest absolute Gasteiger partial charge is 0.479 e. The van der Waals surface area contributed by atoms with E-state index in [1.54, 1.807) is 0 Å². The van der Waals surface area contributed by atoms with Crippen molar-refractivity contribution in [3.05, 3.63) is 11.5 Å². The molecule has 0 spiro atoms. The molecule has 0 unspecified atom stereocenters. The lowest BCUT2D eigenvalue weighted by Crippen LogP contribution is -2.19. The van der Waals surface area contributed by atoms with Crippen LogP contribution in [0.1, 0.15) is 51.9 Å². The van der Waals surface area contributed by atoms with E-state index in [0.717, 1.165) is 32.4 Å². The summed E-state index contributed by atoms with van der Waals surface area (Å²) in [5, 5.41) is 0. The molecule has 0 heterocycles. The molecule has 0 saturated heterocycles. The molecule has 0 radical (unpaired) electrons. The Balaban J connectivity index is 1.97. The summed E-state index contributed by atoms with van der Waals surface area (Å²) in [4.78, 5) is 0. The Morgan fingerprint density at radius 3 is 2.50 bits per heavy atom. The molecule has 0 amide bonds. The smallest absolute Gasteiger partial charge is 0.183 e. The van der Waals surface area contributed by atoms with Gasteiger partial charge in [0.05, 0.1) is 6.61 Å². The molecule has 1 atom stereocenters. The minimum absolute atomic E-state index is 0.643. The van der Waals surface area contributed by atoms with Gasteiger partial charge >= 0.3 is 0 Å². The van der Waals surface area contributed by atoms with Crippen LogP contribution >= 0.6 is 0 Å². The molecular weight excluding hydrogens is 200 g/mol. The number of unbranched alkanes of at least 4 members (excludes halogenated alkanes) is 4. The van der Waals surface area contributed by atoms with Crippen LogP contribution in [0.4, 0.5) is 0 Å². The quantitative estimate of drug-likeness (QED) is 0.494. The van der Waals surface area contributed by atoms with Crippen LogP contribution in [-0.4, -0.2) is 13.2 Å². The zero-order valence-electron chi connectivity index (χ0n) is 10.5. The monoisotopic (exact) mass is 226 g/mol. The van der Waals surface area contributed by atoms with Crippen molar-refractivity contribution in [2.24, 2.45) is 17.4 Å². The Morgan fingerprint density at radius 2 is 1.94 bits per heavy atom. The third kappa shape index (κ3) is 4.44. The Kier molecular flexibility index (Phi) is 6.31. The lowest BCUT2D eigenvalue weighted by molar-refractivity contribution is 0.189. The highest BCUT2D eigenvalue weighted by Gasteiger charge is 2.22. The van der Waals surface area contributed by atoms with Crippen molar-refractivity contribution in [2.45, 2.75) is 51.9 Å². The van der Waals surface area contributed by atoms with E-state index in [9.17, 15) is 0 Å². The number of ether oxygens (including phenoxy) is 1. The summed E-state index contributed by atoms with van der Waals surface area (Å²) < 4.78 is 5.56. The molecule has 1 saturated carbocycles. The maximum Gasteiger partial charge on any atom is 0.183 e. The molecule has 4 N–H and O–H groups in total. The van der Waals surface area contributed by atoms with Gasteiger partial charge in [-0.15, -0.1) is 0 Å². The summed E-state index contributed by atoms with van der Waals surface area (Å²) in [6.45, 7) is 3.79. The van der Waals surface area contributed by atoms with E-state index in [2.05, 4.69) is 6.92 Å². The van der Waals surface area contributed by atoms with Crippen molar-refractivity contribution >= 4 is 0 Å². The van der Waals surface area contributed by atoms with Gasteiger partial charge in [-0.2, -0.15) is 0 Å². The van der Waals surface area contributed by atoms with Crippen molar-refractivity contribution in [3.63, 3.8) is 0 Å². The average molecular weight is 226 g/mol. The average Bonchev–Trinajstić information content (AvgIpc) is 2.26. The first-order chi connectivity index (χ1) is 7.75. The van der Waals surface area contributed by atoms with Crippen molar-refractivity contribution in [1.29, 1.82) is 0 Å². The first-order valence-corrected chi connectivity index (χ1v) is 6.57. The van der Waals surface area contributed by atoms with Gasteiger partial charge in [0, 0.05) is 0 Å². The second kappa shape index (κ2) is 7.55. The molecule has 0 aliphatic heterocycles. The zero-order valence-corrected chi connectivity index (χ0v) is 10.5. The van der Waals surface area contributed by atoms with Crippen molar-refractivity contribution < 1.29 is 4.74 Å². The second-order valence-electron chi connectivity index (χ2n) is 4.73. The van der Waals surface area contributed by atoms with E-state index in [1.165, 1.54) is 31.3 Å². The summed E-state index contributed by atoms with van der Waals surface area (Å²) in [5.41, 5.74) is 12.6. The van der Waals surface area contributed by atoms with E-state index >= 15 is 0 Å². The predicted molar refractivity (Wildman–Crippen MR) is 67.7 cm³/mol. The summed E-state index contributed by atoms with van der Waals surface area (Å²) in [6, 6.07) is 0. The van der Waals surface area contributed by atoms with Crippen molar-refractivity contribution in [1.82, 2.24) is 0 Å². The SMILES string of the molecule is C[C@@H]1CC/C1=C(\N)OCCCCCCCN. The molecule has 0 aromatic heterocycles. The fourth-order valence-corrected chi connectivity index (χ4v) is 1.99. The van der Waals surface area contributed by atoms with Crippen LogP contribution in [0.2, 0.25) is 0 Å². The molecule has 1 aliphatic rings. The number of allylic oxidation sites excluding steroid dienone is 1. The number of rotatable bonds is 8. The van der Waals surface area contributed by atoms with Gasteiger partial charge in [-0.25, -0.2) is 0 Å². The second-order valence-corrected chi connectivity index (χ2v) is 4.73. The maximum atomic E-state index is 5.87.